The molecule has 4 heteroatoms. The number of piperidine rings is 1. The molecular weight excluding hydrogens is 300 g/mol. The predicted molar refractivity (Wildman–Crippen MR) is 95.5 cm³/mol. The molecule has 3 fully saturated rings. The fourth-order valence-corrected chi connectivity index (χ4v) is 5.11. The number of likely N-dealkylation sites (tertiary alicyclic amines) is 1. The van der Waals surface area contributed by atoms with E-state index < -0.39 is 0 Å². The van der Waals surface area contributed by atoms with Gasteiger partial charge in [-0.15, -0.1) is 0 Å². The number of hydrogen-bond donors (Lipinski definition) is 1. The Morgan fingerprint density at radius 1 is 0.875 bits per heavy atom. The highest BCUT2D eigenvalue weighted by Gasteiger charge is 2.35. The first-order chi connectivity index (χ1) is 11.7. The lowest BCUT2D eigenvalue weighted by atomic mass is 9.78. The average Bonchev–Trinajstić information content (AvgIpc) is 3.13. The van der Waals surface area contributed by atoms with Crippen LogP contribution in [0.5, 0.6) is 0 Å². The molecule has 3 aliphatic rings. The lowest BCUT2D eigenvalue weighted by Crippen LogP contribution is -2.50. The molecule has 1 N–H and O–H groups in total. The molecular formula is C20H34N2O2. The lowest BCUT2D eigenvalue weighted by Gasteiger charge is -2.44. The van der Waals surface area contributed by atoms with Crippen molar-refractivity contribution in [2.75, 3.05) is 13.1 Å². The Balaban J connectivity index is 1.34. The van der Waals surface area contributed by atoms with Crippen molar-refractivity contribution in [2.24, 2.45) is 11.8 Å². The number of hydrogen-bond acceptors (Lipinski definition) is 2. The second-order valence-electron chi connectivity index (χ2n) is 8.13. The molecule has 2 atom stereocenters. The highest BCUT2D eigenvalue weighted by molar-refractivity contribution is 5.79. The zero-order valence-corrected chi connectivity index (χ0v) is 15.1. The summed E-state index contributed by atoms with van der Waals surface area (Å²) in [6.07, 6.45) is 14.9. The molecule has 1 saturated heterocycles. The fourth-order valence-electron chi connectivity index (χ4n) is 5.11. The van der Waals surface area contributed by atoms with Crippen molar-refractivity contribution in [3.05, 3.63) is 0 Å². The fraction of sp³-hybridized carbons (Fsp3) is 0.900. The van der Waals surface area contributed by atoms with Crippen LogP contribution in [0, 0.1) is 11.8 Å². The predicted octanol–water partition coefficient (Wildman–Crippen LogP) is 3.64. The van der Waals surface area contributed by atoms with Crippen LogP contribution in [0.15, 0.2) is 0 Å². The summed E-state index contributed by atoms with van der Waals surface area (Å²) >= 11 is 0. The van der Waals surface area contributed by atoms with Crippen LogP contribution >= 0.6 is 0 Å². The maximum atomic E-state index is 12.6. The summed E-state index contributed by atoms with van der Waals surface area (Å²) in [5, 5.41) is 2.96. The minimum absolute atomic E-state index is 0.129. The second-order valence-corrected chi connectivity index (χ2v) is 8.13. The third-order valence-corrected chi connectivity index (χ3v) is 6.48. The molecule has 2 saturated carbocycles. The maximum absolute atomic E-state index is 12.6. The van der Waals surface area contributed by atoms with E-state index in [1.807, 2.05) is 0 Å². The molecule has 0 bridgehead atoms. The molecule has 24 heavy (non-hydrogen) atoms. The van der Waals surface area contributed by atoms with Crippen molar-refractivity contribution in [1.82, 2.24) is 10.2 Å². The Bertz CT molecular complexity index is 429. The Morgan fingerprint density at radius 2 is 1.58 bits per heavy atom. The van der Waals surface area contributed by atoms with Gasteiger partial charge in [-0.1, -0.05) is 38.5 Å². The van der Waals surface area contributed by atoms with Crippen molar-refractivity contribution in [3.63, 3.8) is 0 Å². The number of nitrogens with one attached hydrogen (secondary N) is 1. The minimum Gasteiger partial charge on any atom is -0.356 e. The van der Waals surface area contributed by atoms with Crippen molar-refractivity contribution in [3.8, 4) is 0 Å². The third kappa shape index (κ3) is 4.73. The summed E-state index contributed by atoms with van der Waals surface area (Å²) in [5.41, 5.74) is 0. The Labute approximate surface area is 146 Å². The average molecular weight is 335 g/mol. The van der Waals surface area contributed by atoms with Crippen molar-refractivity contribution in [1.29, 1.82) is 0 Å². The van der Waals surface area contributed by atoms with Gasteiger partial charge in [0.05, 0.1) is 0 Å². The molecule has 0 radical (unpaired) electrons. The molecule has 2 unspecified atom stereocenters. The summed E-state index contributed by atoms with van der Waals surface area (Å²) in [7, 11) is 0. The summed E-state index contributed by atoms with van der Waals surface area (Å²) < 4.78 is 0. The van der Waals surface area contributed by atoms with Crippen LogP contribution < -0.4 is 5.32 Å². The van der Waals surface area contributed by atoms with Crippen LogP contribution in [0.4, 0.5) is 0 Å². The first-order valence-electron chi connectivity index (χ1n) is 10.3. The highest BCUT2D eigenvalue weighted by Crippen LogP contribution is 2.35. The molecule has 2 aliphatic carbocycles. The first kappa shape index (κ1) is 17.8. The molecule has 1 aliphatic heterocycles. The van der Waals surface area contributed by atoms with Gasteiger partial charge in [-0.3, -0.25) is 9.59 Å². The number of fused-ring (bicyclic) bond motifs is 1. The van der Waals surface area contributed by atoms with E-state index in [2.05, 4.69) is 10.2 Å². The van der Waals surface area contributed by atoms with Crippen molar-refractivity contribution < 1.29 is 9.59 Å². The molecule has 0 aromatic rings. The molecule has 2 amide bonds. The van der Waals surface area contributed by atoms with E-state index in [4.69, 9.17) is 0 Å². The van der Waals surface area contributed by atoms with Gasteiger partial charge in [0.1, 0.15) is 0 Å². The smallest absolute Gasteiger partial charge is 0.224 e. The number of nitrogens with zero attached hydrogens (tertiary/aromatic N) is 1. The summed E-state index contributed by atoms with van der Waals surface area (Å²) in [4.78, 5) is 26.7. The zero-order valence-electron chi connectivity index (χ0n) is 15.1. The van der Waals surface area contributed by atoms with E-state index >= 15 is 0 Å². The van der Waals surface area contributed by atoms with E-state index in [-0.39, 0.29) is 11.8 Å². The zero-order chi connectivity index (χ0) is 16.8. The normalized spacial score (nSPS) is 27.8. The van der Waals surface area contributed by atoms with E-state index in [9.17, 15) is 9.59 Å². The van der Waals surface area contributed by atoms with E-state index in [1.165, 1.54) is 57.8 Å². The topological polar surface area (TPSA) is 49.4 Å². The second kappa shape index (κ2) is 8.87. The number of carbonyl (C=O) groups excluding carboxylic acids is 2. The number of amides is 2. The largest absolute Gasteiger partial charge is 0.356 e. The first-order valence-corrected chi connectivity index (χ1v) is 10.3. The summed E-state index contributed by atoms with van der Waals surface area (Å²) in [6.45, 7) is 1.44. The SMILES string of the molecule is O=C(CCC1CCCC1)NCCC(=O)N1CCCC2CCCCC21. The standard InChI is InChI=1S/C20H34N2O2/c23-19(12-11-16-6-1-2-7-16)21-14-13-20(24)22-15-5-9-17-8-3-4-10-18(17)22/h16-18H,1-15H2,(H,21,23). The van der Waals surface area contributed by atoms with E-state index in [0.29, 0.717) is 25.4 Å². The van der Waals surface area contributed by atoms with Crippen LogP contribution in [0.3, 0.4) is 0 Å². The Morgan fingerprint density at radius 3 is 2.42 bits per heavy atom. The van der Waals surface area contributed by atoms with Crippen LogP contribution in [-0.2, 0) is 9.59 Å². The highest BCUT2D eigenvalue weighted by atomic mass is 16.2. The van der Waals surface area contributed by atoms with Gasteiger partial charge in [-0.25, -0.2) is 0 Å². The number of carbonyl (C=O) groups is 2. The molecule has 136 valence electrons. The van der Waals surface area contributed by atoms with Crippen LogP contribution in [0.25, 0.3) is 0 Å². The molecule has 1 heterocycles. The monoisotopic (exact) mass is 334 g/mol. The number of rotatable bonds is 6. The van der Waals surface area contributed by atoms with Gasteiger partial charge in [0, 0.05) is 32.0 Å². The van der Waals surface area contributed by atoms with Crippen molar-refractivity contribution >= 4 is 11.8 Å². The van der Waals surface area contributed by atoms with Gasteiger partial charge < -0.3 is 10.2 Å². The summed E-state index contributed by atoms with van der Waals surface area (Å²) in [5.74, 6) is 1.87. The van der Waals surface area contributed by atoms with Gasteiger partial charge in [-0.2, -0.15) is 0 Å². The van der Waals surface area contributed by atoms with E-state index in [1.54, 1.807) is 0 Å². The quantitative estimate of drug-likeness (QED) is 0.806. The van der Waals surface area contributed by atoms with Gasteiger partial charge >= 0.3 is 0 Å². The molecule has 4 nitrogen and oxygen atoms in total. The molecule has 0 spiro atoms. The van der Waals surface area contributed by atoms with Crippen LogP contribution in [0.2, 0.25) is 0 Å². The van der Waals surface area contributed by atoms with Gasteiger partial charge in [0.25, 0.3) is 0 Å². The minimum atomic E-state index is 0.129. The Kier molecular flexibility index (Phi) is 6.56. The van der Waals surface area contributed by atoms with Crippen LogP contribution in [0.1, 0.15) is 83.5 Å². The maximum Gasteiger partial charge on any atom is 0.224 e. The lowest BCUT2D eigenvalue weighted by molar-refractivity contribution is -0.137. The van der Waals surface area contributed by atoms with Gasteiger partial charge in [0.2, 0.25) is 11.8 Å². The molecule has 0 aromatic carbocycles. The molecule has 3 rings (SSSR count). The van der Waals surface area contributed by atoms with Crippen molar-refractivity contribution in [2.45, 2.75) is 89.5 Å². The summed E-state index contributed by atoms with van der Waals surface area (Å²) in [6, 6.07) is 0.484. The Hall–Kier alpha value is -1.06. The van der Waals surface area contributed by atoms with E-state index in [0.717, 1.165) is 31.2 Å². The van der Waals surface area contributed by atoms with Gasteiger partial charge in [0.15, 0.2) is 0 Å². The molecule has 0 aromatic heterocycles. The van der Waals surface area contributed by atoms with Gasteiger partial charge in [-0.05, 0) is 43.9 Å². The van der Waals surface area contributed by atoms with Crippen LogP contribution in [-0.4, -0.2) is 35.8 Å². The third-order valence-electron chi connectivity index (χ3n) is 6.48.